The van der Waals surface area contributed by atoms with Crippen molar-refractivity contribution in [3.63, 3.8) is 0 Å². The van der Waals surface area contributed by atoms with Crippen molar-refractivity contribution in [3.8, 4) is 28.4 Å². The number of unbranched alkanes of at least 4 members (excludes halogenated alkanes) is 3. The Hall–Kier alpha value is -4.93. The number of aliphatic hydroxyl groups excluding tert-OH is 1. The molecule has 0 heterocycles. The molecule has 49 heavy (non-hydrogen) atoms. The van der Waals surface area contributed by atoms with Gasteiger partial charge in [0.05, 0.1) is 45.5 Å². The van der Waals surface area contributed by atoms with Crippen LogP contribution in [0.2, 0.25) is 0 Å². The van der Waals surface area contributed by atoms with E-state index in [1.807, 2.05) is 30.3 Å². The van der Waals surface area contributed by atoms with E-state index in [9.17, 15) is 19.5 Å². The van der Waals surface area contributed by atoms with Gasteiger partial charge in [0.1, 0.15) is 17.2 Å². The Balaban J connectivity index is 1.21. The molecule has 10 nitrogen and oxygen atoms in total. The van der Waals surface area contributed by atoms with Crippen LogP contribution in [0.4, 0.5) is 0 Å². The average molecular weight is 673 g/mol. The number of methoxy groups -OCH3 is 1. The molecule has 2 atom stereocenters. The van der Waals surface area contributed by atoms with Gasteiger partial charge in [-0.2, -0.15) is 0 Å². The number of hydrogen-bond donors (Lipinski definition) is 1. The lowest BCUT2D eigenvalue weighted by Gasteiger charge is -2.14. The first-order chi connectivity index (χ1) is 23.7. The molecule has 2 unspecified atom stereocenters. The van der Waals surface area contributed by atoms with Crippen LogP contribution in [-0.2, 0) is 23.8 Å². The first-order valence-corrected chi connectivity index (χ1v) is 16.4. The van der Waals surface area contributed by atoms with E-state index in [1.165, 1.54) is 7.11 Å². The van der Waals surface area contributed by atoms with Gasteiger partial charge in [-0.25, -0.2) is 9.59 Å². The summed E-state index contributed by atoms with van der Waals surface area (Å²) < 4.78 is 32.3. The van der Waals surface area contributed by atoms with E-state index >= 15 is 0 Å². The molecular formula is C39H44O10. The molecule has 0 fully saturated rings. The molecule has 10 heteroatoms. The van der Waals surface area contributed by atoms with Gasteiger partial charge in [0.25, 0.3) is 0 Å². The number of esters is 3. The largest absolute Gasteiger partial charge is 0.494 e. The lowest BCUT2D eigenvalue weighted by molar-refractivity contribution is -0.141. The van der Waals surface area contributed by atoms with Gasteiger partial charge in [-0.15, -0.1) is 0 Å². The predicted octanol–water partition coefficient (Wildman–Crippen LogP) is 6.93. The molecule has 0 aliphatic heterocycles. The van der Waals surface area contributed by atoms with Crippen LogP contribution >= 0.6 is 0 Å². The van der Waals surface area contributed by atoms with Crippen molar-refractivity contribution in [2.24, 2.45) is 0 Å². The van der Waals surface area contributed by atoms with Gasteiger partial charge < -0.3 is 33.5 Å². The fourth-order valence-electron chi connectivity index (χ4n) is 5.35. The highest BCUT2D eigenvalue weighted by Crippen LogP contribution is 2.46. The van der Waals surface area contributed by atoms with E-state index in [2.05, 4.69) is 24.8 Å². The summed E-state index contributed by atoms with van der Waals surface area (Å²) in [7, 11) is 1.27. The summed E-state index contributed by atoms with van der Waals surface area (Å²) in [5.41, 5.74) is 5.00. The maximum absolute atomic E-state index is 13.1. The molecule has 0 saturated carbocycles. The number of carbonyl (C=O) groups is 3. The smallest absolute Gasteiger partial charge is 0.343 e. The van der Waals surface area contributed by atoms with Crippen LogP contribution in [0.25, 0.3) is 11.1 Å². The second-order valence-electron chi connectivity index (χ2n) is 11.6. The minimum absolute atomic E-state index is 0.0480. The monoisotopic (exact) mass is 672 g/mol. The minimum atomic E-state index is -1.25. The summed E-state index contributed by atoms with van der Waals surface area (Å²) in [5.74, 6) is 0.553. The van der Waals surface area contributed by atoms with E-state index in [-0.39, 0.29) is 24.5 Å². The zero-order valence-corrected chi connectivity index (χ0v) is 28.1. The predicted molar refractivity (Wildman–Crippen MR) is 184 cm³/mol. The lowest BCUT2D eigenvalue weighted by atomic mass is 9.98. The summed E-state index contributed by atoms with van der Waals surface area (Å²) in [5, 5.41) is 9.99. The SMILES string of the molecule is C=CC(=O)OCCCCCCOc1ccc(OC(=O)c2ccc3c(c2)C(C)c2cc(OCCCOC(O)C(=C)CC(=O)OC)ccc2-3)cc1. The Morgan fingerprint density at radius 2 is 1.41 bits per heavy atom. The molecule has 0 saturated heterocycles. The second kappa shape index (κ2) is 18.6. The molecule has 0 aromatic heterocycles. The standard InChI is InChI=1S/C39H44O10/c1-5-36(40)47-20-9-7-6-8-19-45-29-12-14-30(15-13-29)49-39(43)28-11-17-32-33-18-16-31(25-35(33)27(3)34(32)24-28)46-21-10-22-48-38(42)26(2)23-37(41)44-4/h5,11-18,24-25,27,38,42H,1-2,6-10,19-23H2,3-4H3. The molecule has 0 bridgehead atoms. The van der Waals surface area contributed by atoms with E-state index in [0.717, 1.165) is 54.0 Å². The molecule has 1 aliphatic carbocycles. The summed E-state index contributed by atoms with van der Waals surface area (Å²) in [6.07, 6.45) is 3.91. The zero-order chi connectivity index (χ0) is 35.2. The number of hydrogen-bond acceptors (Lipinski definition) is 10. The first-order valence-electron chi connectivity index (χ1n) is 16.4. The number of carbonyl (C=O) groups excluding carboxylic acids is 3. The van der Waals surface area contributed by atoms with Crippen molar-refractivity contribution in [1.29, 1.82) is 0 Å². The van der Waals surface area contributed by atoms with E-state index in [1.54, 1.807) is 30.3 Å². The first kappa shape index (κ1) is 36.9. The van der Waals surface area contributed by atoms with Crippen LogP contribution < -0.4 is 14.2 Å². The molecule has 4 rings (SSSR count). The van der Waals surface area contributed by atoms with Gasteiger partial charge in [-0.3, -0.25) is 4.79 Å². The zero-order valence-electron chi connectivity index (χ0n) is 28.1. The quantitative estimate of drug-likeness (QED) is 0.0337. The van der Waals surface area contributed by atoms with Crippen LogP contribution in [0.5, 0.6) is 17.2 Å². The number of fused-ring (bicyclic) bond motifs is 3. The Labute approximate surface area is 287 Å². The molecule has 0 spiro atoms. The van der Waals surface area contributed by atoms with Crippen LogP contribution in [-0.4, -0.2) is 62.8 Å². The second-order valence-corrected chi connectivity index (χ2v) is 11.6. The highest BCUT2D eigenvalue weighted by molar-refractivity contribution is 5.93. The highest BCUT2D eigenvalue weighted by atomic mass is 16.6. The number of benzene rings is 3. The van der Waals surface area contributed by atoms with Crippen molar-refractivity contribution in [2.45, 2.75) is 57.7 Å². The van der Waals surface area contributed by atoms with Gasteiger partial charge >= 0.3 is 17.9 Å². The Kier molecular flexibility index (Phi) is 14.0. The minimum Gasteiger partial charge on any atom is -0.494 e. The Morgan fingerprint density at radius 1 is 0.796 bits per heavy atom. The molecule has 3 aromatic rings. The number of rotatable bonds is 20. The van der Waals surface area contributed by atoms with Gasteiger partial charge in [0.15, 0.2) is 6.29 Å². The van der Waals surface area contributed by atoms with Gasteiger partial charge in [0.2, 0.25) is 0 Å². The summed E-state index contributed by atoms with van der Waals surface area (Å²) in [6, 6.07) is 18.6. The summed E-state index contributed by atoms with van der Waals surface area (Å²) in [4.78, 5) is 35.4. The van der Waals surface area contributed by atoms with Crippen molar-refractivity contribution in [1.82, 2.24) is 0 Å². The number of ether oxygens (including phenoxy) is 6. The van der Waals surface area contributed by atoms with E-state index in [0.29, 0.717) is 49.1 Å². The molecule has 0 radical (unpaired) electrons. The highest BCUT2D eigenvalue weighted by Gasteiger charge is 2.27. The molecule has 0 amide bonds. The molecular weight excluding hydrogens is 628 g/mol. The van der Waals surface area contributed by atoms with Gasteiger partial charge in [-0.05, 0) is 102 Å². The average Bonchev–Trinajstić information content (AvgIpc) is 3.39. The third-order valence-corrected chi connectivity index (χ3v) is 8.07. The van der Waals surface area contributed by atoms with E-state index in [4.69, 9.17) is 23.7 Å². The van der Waals surface area contributed by atoms with Crippen LogP contribution in [0.15, 0.2) is 85.5 Å². The Morgan fingerprint density at radius 3 is 2.12 bits per heavy atom. The third-order valence-electron chi connectivity index (χ3n) is 8.07. The normalized spacial score (nSPS) is 13.4. The van der Waals surface area contributed by atoms with Crippen LogP contribution in [0.1, 0.15) is 72.9 Å². The van der Waals surface area contributed by atoms with Crippen LogP contribution in [0, 0.1) is 0 Å². The van der Waals surface area contributed by atoms with Crippen molar-refractivity contribution in [3.05, 3.63) is 102 Å². The molecule has 1 aliphatic rings. The summed E-state index contributed by atoms with van der Waals surface area (Å²) in [6.45, 7) is 10.7. The molecule has 260 valence electrons. The van der Waals surface area contributed by atoms with E-state index < -0.39 is 24.2 Å². The summed E-state index contributed by atoms with van der Waals surface area (Å²) >= 11 is 0. The molecule has 3 aromatic carbocycles. The van der Waals surface area contributed by atoms with Gasteiger partial charge in [-0.1, -0.05) is 32.2 Å². The van der Waals surface area contributed by atoms with Crippen molar-refractivity contribution < 1.29 is 47.9 Å². The maximum Gasteiger partial charge on any atom is 0.343 e. The topological polar surface area (TPSA) is 127 Å². The fraction of sp³-hybridized carbons (Fsp3) is 0.359. The van der Waals surface area contributed by atoms with Crippen molar-refractivity contribution >= 4 is 17.9 Å². The fourth-order valence-corrected chi connectivity index (χ4v) is 5.35. The Bertz CT molecular complexity index is 1610. The van der Waals surface area contributed by atoms with Crippen LogP contribution in [0.3, 0.4) is 0 Å². The molecule has 1 N–H and O–H groups in total. The van der Waals surface area contributed by atoms with Gasteiger partial charge in [0, 0.05) is 18.4 Å². The van der Waals surface area contributed by atoms with Crippen molar-refractivity contribution in [2.75, 3.05) is 33.5 Å². The number of aliphatic hydroxyl groups is 1. The third kappa shape index (κ3) is 10.8. The lowest BCUT2D eigenvalue weighted by Crippen LogP contribution is -2.18. The maximum atomic E-state index is 13.1.